The summed E-state index contributed by atoms with van der Waals surface area (Å²) in [7, 11) is 0. The summed E-state index contributed by atoms with van der Waals surface area (Å²) in [6, 6.07) is 4.25. The topological polar surface area (TPSA) is 72.2 Å². The zero-order valence-electron chi connectivity index (χ0n) is 9.70. The molecule has 0 bridgehead atoms. The zero-order valence-corrected chi connectivity index (χ0v) is 11.3. The Kier molecular flexibility index (Phi) is 5.33. The molecule has 5 nitrogen and oxygen atoms in total. The summed E-state index contributed by atoms with van der Waals surface area (Å²) >= 11 is 3.06. The van der Waals surface area contributed by atoms with Gasteiger partial charge in [0.05, 0.1) is 9.40 Å². The Morgan fingerprint density at radius 3 is 2.89 bits per heavy atom. The number of benzene rings is 1. The summed E-state index contributed by atoms with van der Waals surface area (Å²) in [5.41, 5.74) is 0.130. The number of carbonyl (C=O) groups is 1. The summed E-state index contributed by atoms with van der Waals surface area (Å²) in [4.78, 5) is 21.9. The molecule has 1 amide bonds. The molecule has 0 saturated carbocycles. The number of carbonyl (C=O) groups excluding carboxylic acids is 1. The third-order valence-corrected chi connectivity index (χ3v) is 2.79. The van der Waals surface area contributed by atoms with Crippen LogP contribution in [0.4, 0.5) is 5.69 Å². The molecule has 1 aromatic rings. The van der Waals surface area contributed by atoms with Crippen molar-refractivity contribution >= 4 is 27.5 Å². The molecule has 0 atom stereocenters. The minimum absolute atomic E-state index is 0.129. The predicted octanol–water partition coefficient (Wildman–Crippen LogP) is 2.50. The Balaban J connectivity index is 2.76. The van der Waals surface area contributed by atoms with Gasteiger partial charge in [-0.1, -0.05) is 0 Å². The number of nitrogens with one attached hydrogen (secondary N) is 1. The van der Waals surface area contributed by atoms with Crippen molar-refractivity contribution in [1.82, 2.24) is 5.32 Å². The fourth-order valence-corrected chi connectivity index (χ4v) is 1.65. The van der Waals surface area contributed by atoms with Crippen molar-refractivity contribution in [2.45, 2.75) is 13.3 Å². The van der Waals surface area contributed by atoms with Crippen molar-refractivity contribution in [3.8, 4) is 11.8 Å². The van der Waals surface area contributed by atoms with E-state index in [1.165, 1.54) is 18.2 Å². The zero-order chi connectivity index (χ0) is 13.5. The van der Waals surface area contributed by atoms with E-state index < -0.39 is 4.92 Å². The van der Waals surface area contributed by atoms with Crippen LogP contribution >= 0.6 is 15.9 Å². The molecular formula is C12H11BrN2O3. The summed E-state index contributed by atoms with van der Waals surface area (Å²) in [5.74, 6) is 5.19. The molecule has 0 radical (unpaired) electrons. The van der Waals surface area contributed by atoms with Crippen molar-refractivity contribution in [2.24, 2.45) is 0 Å². The van der Waals surface area contributed by atoms with Gasteiger partial charge in [0, 0.05) is 24.6 Å². The first kappa shape index (κ1) is 14.2. The molecule has 0 saturated heterocycles. The minimum Gasteiger partial charge on any atom is -0.351 e. The van der Waals surface area contributed by atoms with Crippen LogP contribution in [0.15, 0.2) is 22.7 Å². The lowest BCUT2D eigenvalue weighted by Crippen LogP contribution is -2.24. The van der Waals surface area contributed by atoms with Crippen LogP contribution in [0.25, 0.3) is 0 Å². The van der Waals surface area contributed by atoms with E-state index in [9.17, 15) is 14.9 Å². The van der Waals surface area contributed by atoms with E-state index in [0.29, 0.717) is 17.4 Å². The highest BCUT2D eigenvalue weighted by molar-refractivity contribution is 9.10. The summed E-state index contributed by atoms with van der Waals surface area (Å²) in [6.07, 6.45) is 0.556. The molecule has 18 heavy (non-hydrogen) atoms. The van der Waals surface area contributed by atoms with Crippen LogP contribution in [0, 0.1) is 22.0 Å². The first-order valence-corrected chi connectivity index (χ1v) is 5.97. The van der Waals surface area contributed by atoms with Gasteiger partial charge >= 0.3 is 0 Å². The van der Waals surface area contributed by atoms with Crippen molar-refractivity contribution in [1.29, 1.82) is 0 Å². The van der Waals surface area contributed by atoms with Gasteiger partial charge in [-0.05, 0) is 35.0 Å². The molecule has 0 aliphatic carbocycles. The Hall–Kier alpha value is -1.87. The van der Waals surface area contributed by atoms with Gasteiger partial charge in [-0.2, -0.15) is 0 Å². The lowest BCUT2D eigenvalue weighted by Gasteiger charge is -2.03. The largest absolute Gasteiger partial charge is 0.351 e. The van der Waals surface area contributed by atoms with Crippen LogP contribution in [0.2, 0.25) is 0 Å². The molecule has 94 valence electrons. The molecule has 0 fully saturated rings. The average Bonchev–Trinajstić information content (AvgIpc) is 2.34. The number of nitro groups is 1. The molecule has 0 aliphatic rings. The van der Waals surface area contributed by atoms with Gasteiger partial charge in [-0.15, -0.1) is 11.8 Å². The monoisotopic (exact) mass is 310 g/mol. The minimum atomic E-state index is -0.538. The molecule has 1 N–H and O–H groups in total. The fourth-order valence-electron chi connectivity index (χ4n) is 1.26. The maximum absolute atomic E-state index is 11.7. The van der Waals surface area contributed by atoms with Gasteiger partial charge in [-0.25, -0.2) is 0 Å². The highest BCUT2D eigenvalue weighted by Crippen LogP contribution is 2.25. The van der Waals surface area contributed by atoms with Gasteiger partial charge in [0.15, 0.2) is 0 Å². The lowest BCUT2D eigenvalue weighted by atomic mass is 10.2. The van der Waals surface area contributed by atoms with Crippen LogP contribution in [0.5, 0.6) is 0 Å². The van der Waals surface area contributed by atoms with Crippen LogP contribution in [-0.4, -0.2) is 17.4 Å². The normalized spacial score (nSPS) is 9.22. The smallest absolute Gasteiger partial charge is 0.284 e. The van der Waals surface area contributed by atoms with Crippen molar-refractivity contribution < 1.29 is 9.72 Å². The summed E-state index contributed by atoms with van der Waals surface area (Å²) < 4.78 is 0.348. The number of nitrogens with zero attached hydrogens (tertiary/aromatic N) is 1. The van der Waals surface area contributed by atoms with Gasteiger partial charge in [0.1, 0.15) is 0 Å². The van der Waals surface area contributed by atoms with E-state index in [1.807, 2.05) is 0 Å². The first-order valence-electron chi connectivity index (χ1n) is 5.18. The SMILES string of the molecule is CC#CCCNC(=O)c1ccc(Br)c([N+](=O)[O-])c1. The van der Waals surface area contributed by atoms with Gasteiger partial charge < -0.3 is 5.32 Å². The van der Waals surface area contributed by atoms with Crippen LogP contribution < -0.4 is 5.32 Å². The molecule has 0 heterocycles. The molecule has 6 heteroatoms. The second-order valence-electron chi connectivity index (χ2n) is 3.36. The lowest BCUT2D eigenvalue weighted by molar-refractivity contribution is -0.385. The predicted molar refractivity (Wildman–Crippen MR) is 71.2 cm³/mol. The van der Waals surface area contributed by atoms with Crippen LogP contribution in [0.3, 0.4) is 0 Å². The number of nitro benzene ring substituents is 1. The molecule has 0 spiro atoms. The standard InChI is InChI=1S/C12H11BrN2O3/c1-2-3-4-7-14-12(16)9-5-6-10(13)11(8-9)15(17)18/h5-6,8H,4,7H2,1H3,(H,14,16). The van der Waals surface area contributed by atoms with E-state index in [1.54, 1.807) is 6.92 Å². The Morgan fingerprint density at radius 2 is 2.28 bits per heavy atom. The number of amides is 1. The van der Waals surface area contributed by atoms with Gasteiger partial charge in [-0.3, -0.25) is 14.9 Å². The second-order valence-corrected chi connectivity index (χ2v) is 4.21. The highest BCUT2D eigenvalue weighted by atomic mass is 79.9. The summed E-state index contributed by atoms with van der Waals surface area (Å²) in [6.45, 7) is 2.14. The Bertz CT molecular complexity index is 532. The van der Waals surface area contributed by atoms with Crippen molar-refractivity contribution in [3.05, 3.63) is 38.3 Å². The van der Waals surface area contributed by atoms with Crippen molar-refractivity contribution in [3.63, 3.8) is 0 Å². The van der Waals surface area contributed by atoms with Crippen LogP contribution in [-0.2, 0) is 0 Å². The number of halogens is 1. The Labute approximate surface area is 113 Å². The molecular weight excluding hydrogens is 300 g/mol. The van der Waals surface area contributed by atoms with E-state index >= 15 is 0 Å². The molecule has 1 rings (SSSR count). The van der Waals surface area contributed by atoms with Crippen LogP contribution in [0.1, 0.15) is 23.7 Å². The first-order chi connectivity index (χ1) is 8.56. The Morgan fingerprint density at radius 1 is 1.56 bits per heavy atom. The molecule has 1 aromatic carbocycles. The highest BCUT2D eigenvalue weighted by Gasteiger charge is 2.15. The number of hydrogen-bond acceptors (Lipinski definition) is 3. The van der Waals surface area contributed by atoms with Gasteiger partial charge in [0.2, 0.25) is 0 Å². The molecule has 0 aliphatic heterocycles. The molecule has 0 aromatic heterocycles. The van der Waals surface area contributed by atoms with E-state index in [4.69, 9.17) is 0 Å². The average molecular weight is 311 g/mol. The molecule has 0 unspecified atom stereocenters. The number of rotatable bonds is 4. The van der Waals surface area contributed by atoms with E-state index in [-0.39, 0.29) is 17.2 Å². The number of hydrogen-bond donors (Lipinski definition) is 1. The maximum Gasteiger partial charge on any atom is 0.284 e. The third kappa shape index (κ3) is 3.86. The second kappa shape index (κ2) is 6.77. The van der Waals surface area contributed by atoms with Gasteiger partial charge in [0.25, 0.3) is 11.6 Å². The van der Waals surface area contributed by atoms with E-state index in [2.05, 4.69) is 33.1 Å². The van der Waals surface area contributed by atoms with Crippen molar-refractivity contribution in [2.75, 3.05) is 6.54 Å². The maximum atomic E-state index is 11.7. The summed E-state index contributed by atoms with van der Waals surface area (Å²) in [5, 5.41) is 13.4. The third-order valence-electron chi connectivity index (χ3n) is 2.12. The van der Waals surface area contributed by atoms with E-state index in [0.717, 1.165) is 0 Å². The quantitative estimate of drug-likeness (QED) is 0.402. The fraction of sp³-hybridized carbons (Fsp3) is 0.250.